The minimum absolute atomic E-state index is 0.122. The summed E-state index contributed by atoms with van der Waals surface area (Å²) in [6.45, 7) is 5.46. The lowest BCUT2D eigenvalue weighted by Gasteiger charge is -2.20. The van der Waals surface area contributed by atoms with Gasteiger partial charge < -0.3 is 14.2 Å². The van der Waals surface area contributed by atoms with Gasteiger partial charge in [0.1, 0.15) is 35.4 Å². The Kier molecular flexibility index (Phi) is 7.65. The fourth-order valence-electron chi connectivity index (χ4n) is 3.45. The first-order valence-corrected chi connectivity index (χ1v) is 12.1. The van der Waals surface area contributed by atoms with Crippen LogP contribution in [0.4, 0.5) is 0 Å². The van der Waals surface area contributed by atoms with Crippen molar-refractivity contribution in [2.75, 3.05) is 21.3 Å². The summed E-state index contributed by atoms with van der Waals surface area (Å²) in [7, 11) is 0.916. The predicted octanol–water partition coefficient (Wildman–Crippen LogP) is 2.64. The Balaban J connectivity index is 2.04. The molecule has 0 amide bonds. The molecule has 0 spiro atoms. The monoisotopic (exact) mass is 475 g/mol. The number of hydrogen-bond donors (Lipinski definition) is 0. The molecule has 2 aromatic heterocycles. The number of ether oxygens (including phenoxy) is 3. The van der Waals surface area contributed by atoms with Gasteiger partial charge in [-0.3, -0.25) is 4.57 Å². The highest BCUT2D eigenvalue weighted by molar-refractivity contribution is 7.91. The first kappa shape index (κ1) is 24.6. The Hall–Kier alpha value is -3.05. The van der Waals surface area contributed by atoms with Crippen LogP contribution in [0, 0.1) is 6.92 Å². The first-order valence-electron chi connectivity index (χ1n) is 10.4. The van der Waals surface area contributed by atoms with Gasteiger partial charge in [0.05, 0.1) is 19.5 Å². The lowest BCUT2D eigenvalue weighted by molar-refractivity contribution is 0.176. The Morgan fingerprint density at radius 3 is 2.09 bits per heavy atom. The molecule has 0 fully saturated rings. The number of sulfone groups is 1. The van der Waals surface area contributed by atoms with E-state index in [1.807, 2.05) is 6.92 Å². The van der Waals surface area contributed by atoms with Crippen molar-refractivity contribution < 1.29 is 22.6 Å². The van der Waals surface area contributed by atoms with E-state index in [0.29, 0.717) is 28.8 Å². The quantitative estimate of drug-likeness (QED) is 0.436. The van der Waals surface area contributed by atoms with Gasteiger partial charge in [0.25, 0.3) is 0 Å². The SMILES string of the molecule is COCc1nnc(CS(=O)(=O)[C@@H](C)[C@H](C)c2ncc(C)cn2)n1-c1c(OC)cccc1OC. The smallest absolute Gasteiger partial charge is 0.163 e. The van der Waals surface area contributed by atoms with Crippen molar-refractivity contribution in [1.82, 2.24) is 24.7 Å². The van der Waals surface area contributed by atoms with Gasteiger partial charge in [-0.05, 0) is 31.5 Å². The molecule has 0 saturated carbocycles. The van der Waals surface area contributed by atoms with Crippen molar-refractivity contribution in [3.05, 3.63) is 53.6 Å². The van der Waals surface area contributed by atoms with Crippen LogP contribution in [0.5, 0.6) is 11.5 Å². The van der Waals surface area contributed by atoms with Crippen molar-refractivity contribution in [2.45, 2.75) is 44.3 Å². The van der Waals surface area contributed by atoms with Gasteiger partial charge in [0, 0.05) is 25.4 Å². The number of benzene rings is 1. The summed E-state index contributed by atoms with van der Waals surface area (Å²) >= 11 is 0. The van der Waals surface area contributed by atoms with E-state index < -0.39 is 21.0 Å². The van der Waals surface area contributed by atoms with Gasteiger partial charge in [-0.15, -0.1) is 10.2 Å². The van der Waals surface area contributed by atoms with E-state index in [4.69, 9.17) is 14.2 Å². The van der Waals surface area contributed by atoms with Crippen LogP contribution in [-0.2, 0) is 26.9 Å². The normalized spacial score (nSPS) is 13.5. The average molecular weight is 476 g/mol. The molecular formula is C22H29N5O5S. The number of methoxy groups -OCH3 is 3. The highest BCUT2D eigenvalue weighted by Gasteiger charge is 2.32. The van der Waals surface area contributed by atoms with Crippen LogP contribution in [-0.4, -0.2) is 59.7 Å². The Bertz CT molecular complexity index is 1170. The standard InChI is InChI=1S/C22H29N5O5S/c1-14-10-23-22(24-11-14)15(2)16(3)33(28,29)13-20-26-25-19(12-30-4)27(20)21-17(31-5)8-7-9-18(21)32-6/h7-11,15-16H,12-13H2,1-6H3/t15-,16-/m0/s1. The molecular weight excluding hydrogens is 446 g/mol. The predicted molar refractivity (Wildman–Crippen MR) is 122 cm³/mol. The van der Waals surface area contributed by atoms with Crippen LogP contribution in [0.15, 0.2) is 30.6 Å². The van der Waals surface area contributed by atoms with Crippen LogP contribution >= 0.6 is 0 Å². The number of rotatable bonds is 10. The lowest BCUT2D eigenvalue weighted by Crippen LogP contribution is -2.27. The molecule has 0 bridgehead atoms. The number of aryl methyl sites for hydroxylation is 1. The summed E-state index contributed by atoms with van der Waals surface area (Å²) in [6.07, 6.45) is 3.36. The first-order chi connectivity index (χ1) is 15.7. The van der Waals surface area contributed by atoms with Gasteiger partial charge >= 0.3 is 0 Å². The van der Waals surface area contributed by atoms with Gasteiger partial charge in [-0.2, -0.15) is 0 Å². The van der Waals surface area contributed by atoms with E-state index in [1.165, 1.54) is 21.3 Å². The molecule has 3 aromatic rings. The topological polar surface area (TPSA) is 118 Å². The minimum atomic E-state index is -3.67. The van der Waals surface area contributed by atoms with E-state index in [0.717, 1.165) is 5.56 Å². The highest BCUT2D eigenvalue weighted by Crippen LogP contribution is 2.35. The summed E-state index contributed by atoms with van der Waals surface area (Å²) < 4.78 is 44.7. The zero-order valence-electron chi connectivity index (χ0n) is 19.6. The third-order valence-corrected chi connectivity index (χ3v) is 7.71. The second-order valence-corrected chi connectivity index (χ2v) is 10.1. The van der Waals surface area contributed by atoms with Crippen molar-refractivity contribution in [1.29, 1.82) is 0 Å². The molecule has 0 radical (unpaired) electrons. The molecule has 0 unspecified atom stereocenters. The molecule has 2 atom stereocenters. The van der Waals surface area contributed by atoms with Crippen molar-refractivity contribution in [2.24, 2.45) is 0 Å². The fourth-order valence-corrected chi connectivity index (χ4v) is 5.00. The van der Waals surface area contributed by atoms with Crippen LogP contribution in [0.3, 0.4) is 0 Å². The third-order valence-electron chi connectivity index (χ3n) is 5.50. The average Bonchev–Trinajstić information content (AvgIpc) is 3.18. The Labute approximate surface area is 193 Å². The molecule has 0 aliphatic carbocycles. The largest absolute Gasteiger partial charge is 0.494 e. The maximum atomic E-state index is 13.4. The molecule has 178 valence electrons. The molecule has 0 saturated heterocycles. The summed E-state index contributed by atoms with van der Waals surface area (Å²) in [5, 5.41) is 7.61. The highest BCUT2D eigenvalue weighted by atomic mass is 32.2. The number of hydrogen-bond acceptors (Lipinski definition) is 9. The van der Waals surface area contributed by atoms with Gasteiger partial charge in [-0.1, -0.05) is 13.0 Å². The molecule has 0 aliphatic heterocycles. The van der Waals surface area contributed by atoms with E-state index >= 15 is 0 Å². The third kappa shape index (κ3) is 5.14. The number of nitrogens with zero attached hydrogens (tertiary/aromatic N) is 5. The van der Waals surface area contributed by atoms with E-state index in [9.17, 15) is 8.42 Å². The van der Waals surface area contributed by atoms with E-state index in [2.05, 4.69) is 20.2 Å². The summed E-state index contributed by atoms with van der Waals surface area (Å²) in [5.41, 5.74) is 1.42. The Morgan fingerprint density at radius 1 is 0.970 bits per heavy atom. The maximum absolute atomic E-state index is 13.4. The molecule has 0 aliphatic rings. The molecule has 33 heavy (non-hydrogen) atoms. The zero-order chi connectivity index (χ0) is 24.2. The molecule has 2 heterocycles. The number of para-hydroxylation sites is 1. The van der Waals surface area contributed by atoms with E-state index in [-0.39, 0.29) is 18.2 Å². The van der Waals surface area contributed by atoms with Crippen LogP contribution < -0.4 is 9.47 Å². The molecule has 10 nitrogen and oxygen atoms in total. The van der Waals surface area contributed by atoms with Gasteiger partial charge in [0.15, 0.2) is 21.5 Å². The van der Waals surface area contributed by atoms with Crippen LogP contribution in [0.1, 0.15) is 42.8 Å². The van der Waals surface area contributed by atoms with Gasteiger partial charge in [-0.25, -0.2) is 18.4 Å². The van der Waals surface area contributed by atoms with Crippen molar-refractivity contribution >= 4 is 9.84 Å². The molecule has 0 N–H and O–H groups in total. The molecule has 11 heteroatoms. The van der Waals surface area contributed by atoms with E-state index in [1.54, 1.807) is 49.0 Å². The summed E-state index contributed by atoms with van der Waals surface area (Å²) in [6, 6.07) is 5.29. The second-order valence-electron chi connectivity index (χ2n) is 7.73. The second kappa shape index (κ2) is 10.3. The molecule has 1 aromatic carbocycles. The minimum Gasteiger partial charge on any atom is -0.494 e. The fraction of sp³-hybridized carbons (Fsp3) is 0.455. The maximum Gasteiger partial charge on any atom is 0.163 e. The Morgan fingerprint density at radius 2 is 1.55 bits per heavy atom. The zero-order valence-corrected chi connectivity index (χ0v) is 20.5. The van der Waals surface area contributed by atoms with Crippen molar-refractivity contribution in [3.63, 3.8) is 0 Å². The summed E-state index contributed by atoms with van der Waals surface area (Å²) in [4.78, 5) is 8.60. The van der Waals surface area contributed by atoms with Crippen LogP contribution in [0.2, 0.25) is 0 Å². The number of aromatic nitrogens is 5. The van der Waals surface area contributed by atoms with Gasteiger partial charge in [0.2, 0.25) is 0 Å². The summed E-state index contributed by atoms with van der Waals surface area (Å²) in [5.74, 6) is 1.35. The lowest BCUT2D eigenvalue weighted by atomic mass is 10.1. The molecule has 3 rings (SSSR count). The van der Waals surface area contributed by atoms with Crippen LogP contribution in [0.25, 0.3) is 5.69 Å². The van der Waals surface area contributed by atoms with Crippen molar-refractivity contribution in [3.8, 4) is 17.2 Å².